The number of benzene rings is 1. The number of phenols is 1. The van der Waals surface area contributed by atoms with Crippen LogP contribution in [0.15, 0.2) is 35.4 Å². The summed E-state index contributed by atoms with van der Waals surface area (Å²) in [5.74, 6) is -0.257. The number of hydrogen-bond donors (Lipinski definition) is 1. The summed E-state index contributed by atoms with van der Waals surface area (Å²) in [5.41, 5.74) is -0.798. The molecule has 3 fully saturated rings. The van der Waals surface area contributed by atoms with Gasteiger partial charge in [-0.05, 0) is 71.7 Å². The van der Waals surface area contributed by atoms with Crippen LogP contribution < -0.4 is 9.47 Å². The van der Waals surface area contributed by atoms with Crippen molar-refractivity contribution in [2.24, 2.45) is 17.8 Å². The van der Waals surface area contributed by atoms with Gasteiger partial charge in [0.15, 0.2) is 22.8 Å². The summed E-state index contributed by atoms with van der Waals surface area (Å²) in [4.78, 5) is 31.1. The second-order valence-corrected chi connectivity index (χ2v) is 12.6. The number of rotatable bonds is 4. The third-order valence-corrected chi connectivity index (χ3v) is 9.54. The lowest BCUT2D eigenvalue weighted by Crippen LogP contribution is -2.74. The first-order valence-electron chi connectivity index (χ1n) is 13.9. The van der Waals surface area contributed by atoms with Crippen molar-refractivity contribution in [2.45, 2.75) is 63.8 Å². The molecule has 7 heteroatoms. The zero-order chi connectivity index (χ0) is 26.6. The molecule has 4 heterocycles. The van der Waals surface area contributed by atoms with Crippen molar-refractivity contribution in [3.05, 3.63) is 46.6 Å². The molecule has 1 N–H and O–H groups in total. The van der Waals surface area contributed by atoms with E-state index in [9.17, 15) is 14.7 Å². The molecule has 7 nitrogen and oxygen atoms in total. The van der Waals surface area contributed by atoms with E-state index in [4.69, 9.17) is 14.2 Å². The zero-order valence-electron chi connectivity index (χ0n) is 22.5. The fourth-order valence-electron chi connectivity index (χ4n) is 7.79. The number of ketones is 2. The molecule has 4 bridgehead atoms. The number of allylic oxidation sites excluding steroid dienone is 2. The van der Waals surface area contributed by atoms with Gasteiger partial charge in [-0.1, -0.05) is 17.7 Å². The monoisotopic (exact) mass is 517 g/mol. The van der Waals surface area contributed by atoms with Gasteiger partial charge in [-0.15, -0.1) is 0 Å². The molecular formula is C31H35NO6. The summed E-state index contributed by atoms with van der Waals surface area (Å²) in [7, 11) is 0. The van der Waals surface area contributed by atoms with Gasteiger partial charge >= 0.3 is 0 Å². The Morgan fingerprint density at radius 3 is 2.68 bits per heavy atom. The first-order chi connectivity index (χ1) is 18.1. The summed E-state index contributed by atoms with van der Waals surface area (Å²) in [6.45, 7) is 11.1. The van der Waals surface area contributed by atoms with E-state index in [0.29, 0.717) is 35.7 Å². The second-order valence-electron chi connectivity index (χ2n) is 12.6. The van der Waals surface area contributed by atoms with E-state index >= 15 is 0 Å². The van der Waals surface area contributed by atoms with Crippen LogP contribution in [0.2, 0.25) is 0 Å². The summed E-state index contributed by atoms with van der Waals surface area (Å²) >= 11 is 0. The van der Waals surface area contributed by atoms with Crippen molar-refractivity contribution in [3.63, 3.8) is 0 Å². The van der Waals surface area contributed by atoms with Crippen LogP contribution >= 0.6 is 0 Å². The van der Waals surface area contributed by atoms with Crippen LogP contribution in [0.5, 0.6) is 17.2 Å². The molecule has 4 aliphatic heterocycles. The molecule has 5 atom stereocenters. The van der Waals surface area contributed by atoms with E-state index in [1.165, 1.54) is 18.9 Å². The first kappa shape index (κ1) is 24.2. The first-order valence-corrected chi connectivity index (χ1v) is 13.9. The minimum atomic E-state index is -1.28. The maximum atomic E-state index is 14.4. The zero-order valence-corrected chi connectivity index (χ0v) is 22.5. The Hall–Kier alpha value is -2.90. The van der Waals surface area contributed by atoms with Gasteiger partial charge in [-0.3, -0.25) is 9.59 Å². The number of carbonyl (C=O) groups excluding carboxylic acids is 2. The molecular weight excluding hydrogens is 482 g/mol. The number of ether oxygens (including phenoxy) is 3. The highest BCUT2D eigenvalue weighted by atomic mass is 16.6. The minimum absolute atomic E-state index is 0.000103. The summed E-state index contributed by atoms with van der Waals surface area (Å²) in [5, 5.41) is 11.0. The molecule has 1 aromatic rings. The van der Waals surface area contributed by atoms with Gasteiger partial charge in [0.1, 0.15) is 28.4 Å². The number of fused-ring (bicyclic) bond motifs is 3. The third-order valence-electron chi connectivity index (χ3n) is 9.54. The molecule has 200 valence electrons. The van der Waals surface area contributed by atoms with Crippen LogP contribution in [-0.4, -0.2) is 64.6 Å². The van der Waals surface area contributed by atoms with E-state index in [0.717, 1.165) is 25.2 Å². The summed E-state index contributed by atoms with van der Waals surface area (Å²) < 4.78 is 19.7. The Bertz CT molecular complexity index is 1360. The van der Waals surface area contributed by atoms with Gasteiger partial charge < -0.3 is 24.2 Å². The predicted molar refractivity (Wildman–Crippen MR) is 142 cm³/mol. The largest absolute Gasteiger partial charge is 0.507 e. The van der Waals surface area contributed by atoms with Gasteiger partial charge in [0, 0.05) is 36.4 Å². The van der Waals surface area contributed by atoms with Gasteiger partial charge in [-0.25, -0.2) is 0 Å². The van der Waals surface area contributed by atoms with Crippen LogP contribution in [0, 0.1) is 17.8 Å². The number of likely N-dealkylation sites (tertiary alicyclic amines) is 1. The number of carbonyl (C=O) groups is 2. The van der Waals surface area contributed by atoms with Crippen LogP contribution in [0.3, 0.4) is 0 Å². The number of aromatic hydroxyl groups is 1. The molecule has 2 saturated heterocycles. The minimum Gasteiger partial charge on any atom is -0.507 e. The lowest BCUT2D eigenvalue weighted by atomic mass is 9.49. The molecule has 8 rings (SSSR count). The summed E-state index contributed by atoms with van der Waals surface area (Å²) in [6.07, 6.45) is 10.4. The molecule has 0 amide bonds. The molecule has 0 radical (unpaired) electrons. The standard InChI is InChI=1S/C31H35NO6/c1-17(2)7-10-30-28(35)19-13-21-26(34)25-23(33)14-24-18(8-9-29(3,4)37-24)27(25)38-31(21,30)22(16-36-30)20(19)15-32-11-5-6-12-32/h7-9,13-14,19-20,22,33H,5-6,10-12,15-16H2,1-4H3/t19-,20+,22-,30?,31-/m1/s1. The molecule has 7 aliphatic rings. The Morgan fingerprint density at radius 1 is 1.18 bits per heavy atom. The Labute approximate surface area is 223 Å². The lowest BCUT2D eigenvalue weighted by Gasteiger charge is -2.58. The average molecular weight is 518 g/mol. The Balaban J connectivity index is 1.44. The fourth-order valence-corrected chi connectivity index (χ4v) is 7.79. The van der Waals surface area contributed by atoms with E-state index < -0.39 is 22.7 Å². The third kappa shape index (κ3) is 2.97. The number of phenolic OH excluding ortho intramolecular Hbond substituents is 1. The molecule has 1 saturated carbocycles. The molecule has 3 aliphatic carbocycles. The van der Waals surface area contributed by atoms with E-state index in [1.54, 1.807) is 0 Å². The van der Waals surface area contributed by atoms with Crippen molar-refractivity contribution in [3.8, 4) is 17.2 Å². The second kappa shape index (κ2) is 7.82. The van der Waals surface area contributed by atoms with Crippen LogP contribution in [0.25, 0.3) is 6.08 Å². The topological polar surface area (TPSA) is 85.3 Å². The summed E-state index contributed by atoms with van der Waals surface area (Å²) in [6, 6.07) is 1.51. The molecule has 1 unspecified atom stereocenters. The molecule has 1 aromatic carbocycles. The van der Waals surface area contributed by atoms with Gasteiger partial charge in [0.2, 0.25) is 0 Å². The normalized spacial score (nSPS) is 35.7. The van der Waals surface area contributed by atoms with E-state index in [2.05, 4.69) is 4.90 Å². The average Bonchev–Trinajstić information content (AvgIpc) is 3.45. The van der Waals surface area contributed by atoms with Crippen molar-refractivity contribution >= 4 is 17.6 Å². The predicted octanol–water partition coefficient (Wildman–Crippen LogP) is 4.48. The van der Waals surface area contributed by atoms with Crippen molar-refractivity contribution in [1.82, 2.24) is 4.90 Å². The highest BCUT2D eigenvalue weighted by molar-refractivity contribution is 6.18. The van der Waals surface area contributed by atoms with Crippen molar-refractivity contribution in [2.75, 3.05) is 26.2 Å². The highest BCUT2D eigenvalue weighted by Crippen LogP contribution is 2.66. The fraction of sp³-hybridized carbons (Fsp3) is 0.548. The van der Waals surface area contributed by atoms with Crippen LogP contribution in [0.4, 0.5) is 0 Å². The quantitative estimate of drug-likeness (QED) is 0.590. The van der Waals surface area contributed by atoms with E-state index in [1.807, 2.05) is 52.0 Å². The SMILES string of the molecule is CC(C)=CCC12OC[C@@H]3[C@@H](CN4CCCC4)[C@@H](C=C4C(=O)c5c(O)cc6c(c5O[C@]431)C=CC(C)(C)O6)C2=O. The molecule has 38 heavy (non-hydrogen) atoms. The Kier molecular flexibility index (Phi) is 4.98. The van der Waals surface area contributed by atoms with Crippen LogP contribution in [0.1, 0.15) is 62.9 Å². The number of hydrogen-bond acceptors (Lipinski definition) is 7. The number of nitrogens with zero attached hydrogens (tertiary/aromatic N) is 1. The van der Waals surface area contributed by atoms with Gasteiger partial charge in [0.25, 0.3) is 0 Å². The Morgan fingerprint density at radius 2 is 1.95 bits per heavy atom. The van der Waals surface area contributed by atoms with Crippen LogP contribution in [-0.2, 0) is 9.53 Å². The maximum Gasteiger partial charge on any atom is 0.200 e. The van der Waals surface area contributed by atoms with Gasteiger partial charge in [0.05, 0.1) is 12.2 Å². The van der Waals surface area contributed by atoms with Crippen molar-refractivity contribution < 1.29 is 28.9 Å². The van der Waals surface area contributed by atoms with Gasteiger partial charge in [-0.2, -0.15) is 0 Å². The lowest BCUT2D eigenvalue weighted by molar-refractivity contribution is -0.171. The van der Waals surface area contributed by atoms with E-state index in [-0.39, 0.29) is 34.7 Å². The number of Topliss-reactive ketones (excluding diaryl/α,β-unsaturated/α-hetero) is 2. The maximum absolute atomic E-state index is 14.4. The molecule has 0 aromatic heterocycles. The smallest absolute Gasteiger partial charge is 0.200 e. The highest BCUT2D eigenvalue weighted by Gasteiger charge is 2.79. The molecule has 1 spiro atoms. The van der Waals surface area contributed by atoms with Crippen molar-refractivity contribution in [1.29, 1.82) is 0 Å².